The van der Waals surface area contributed by atoms with Crippen LogP contribution in [0.1, 0.15) is 38.7 Å². The van der Waals surface area contributed by atoms with Crippen LogP contribution >= 0.6 is 11.8 Å². The van der Waals surface area contributed by atoms with Crippen molar-refractivity contribution in [2.24, 2.45) is 5.92 Å². The van der Waals surface area contributed by atoms with E-state index in [2.05, 4.69) is 31.2 Å². The summed E-state index contributed by atoms with van der Waals surface area (Å²) in [5, 5.41) is 0.572. The van der Waals surface area contributed by atoms with Gasteiger partial charge < -0.3 is 9.80 Å². The number of piperidine rings is 1. The van der Waals surface area contributed by atoms with E-state index in [1.54, 1.807) is 0 Å². The van der Waals surface area contributed by atoms with Crippen molar-refractivity contribution in [3.63, 3.8) is 0 Å². The molecule has 0 bridgehead atoms. The predicted octanol–water partition coefficient (Wildman–Crippen LogP) is 3.34. The van der Waals surface area contributed by atoms with Crippen LogP contribution in [0.15, 0.2) is 29.2 Å². The minimum atomic E-state index is -0.143. The largest absolute Gasteiger partial charge is 0.342 e. The van der Waals surface area contributed by atoms with E-state index in [4.69, 9.17) is 0 Å². The molecule has 0 radical (unpaired) electrons. The van der Waals surface area contributed by atoms with Gasteiger partial charge in [0.15, 0.2) is 0 Å². The maximum Gasteiger partial charge on any atom is 0.227 e. The van der Waals surface area contributed by atoms with Crippen molar-refractivity contribution in [3.8, 4) is 0 Å². The first kappa shape index (κ1) is 18.3. The third kappa shape index (κ3) is 4.20. The molecule has 5 heteroatoms. The molecule has 0 N–H and O–H groups in total. The van der Waals surface area contributed by atoms with E-state index in [0.717, 1.165) is 25.9 Å². The Kier molecular flexibility index (Phi) is 5.72. The Bertz CT molecular complexity index is 638. The van der Waals surface area contributed by atoms with Crippen LogP contribution in [0.2, 0.25) is 0 Å². The highest BCUT2D eigenvalue weighted by atomic mass is 32.2. The number of thioether (sulfide) groups is 1. The van der Waals surface area contributed by atoms with Gasteiger partial charge in [-0.15, -0.1) is 11.8 Å². The van der Waals surface area contributed by atoms with Gasteiger partial charge in [0.05, 0.1) is 5.92 Å². The highest BCUT2D eigenvalue weighted by Crippen LogP contribution is 2.33. The fourth-order valence-corrected chi connectivity index (χ4v) is 4.93. The van der Waals surface area contributed by atoms with Gasteiger partial charge in [-0.1, -0.05) is 18.2 Å². The van der Waals surface area contributed by atoms with E-state index in [9.17, 15) is 9.59 Å². The smallest absolute Gasteiger partial charge is 0.227 e. The van der Waals surface area contributed by atoms with E-state index in [-0.39, 0.29) is 23.8 Å². The van der Waals surface area contributed by atoms with E-state index in [1.165, 1.54) is 10.5 Å². The number of hydrogen-bond acceptors (Lipinski definition) is 3. The number of amides is 2. The van der Waals surface area contributed by atoms with Crippen molar-refractivity contribution in [1.29, 1.82) is 0 Å². The van der Waals surface area contributed by atoms with Crippen LogP contribution in [-0.2, 0) is 9.59 Å². The molecule has 25 heavy (non-hydrogen) atoms. The van der Waals surface area contributed by atoms with Gasteiger partial charge in [-0.05, 0) is 45.2 Å². The van der Waals surface area contributed by atoms with Gasteiger partial charge in [-0.3, -0.25) is 9.59 Å². The summed E-state index contributed by atoms with van der Waals surface area (Å²) < 4.78 is 0. The number of benzene rings is 1. The van der Waals surface area contributed by atoms with Gasteiger partial charge in [0.2, 0.25) is 11.8 Å². The van der Waals surface area contributed by atoms with Crippen molar-refractivity contribution in [2.75, 3.05) is 19.6 Å². The molecule has 2 heterocycles. The second-order valence-corrected chi connectivity index (χ2v) is 8.79. The second kappa shape index (κ2) is 7.81. The molecule has 0 aliphatic carbocycles. The van der Waals surface area contributed by atoms with Gasteiger partial charge >= 0.3 is 0 Å². The van der Waals surface area contributed by atoms with Crippen molar-refractivity contribution < 1.29 is 9.59 Å². The van der Waals surface area contributed by atoms with Crippen LogP contribution in [0, 0.1) is 12.8 Å². The Hall–Kier alpha value is -1.49. The Morgan fingerprint density at radius 2 is 1.88 bits per heavy atom. The van der Waals surface area contributed by atoms with E-state index >= 15 is 0 Å². The third-order valence-corrected chi connectivity index (χ3v) is 6.79. The minimum Gasteiger partial charge on any atom is -0.342 e. The maximum atomic E-state index is 12.8. The van der Waals surface area contributed by atoms with E-state index < -0.39 is 0 Å². The Morgan fingerprint density at radius 3 is 2.48 bits per heavy atom. The Morgan fingerprint density at radius 1 is 1.20 bits per heavy atom. The second-order valence-electron chi connectivity index (χ2n) is 7.45. The lowest BCUT2D eigenvalue weighted by Gasteiger charge is -2.33. The van der Waals surface area contributed by atoms with E-state index in [0.29, 0.717) is 18.2 Å². The van der Waals surface area contributed by atoms with Gasteiger partial charge in [-0.2, -0.15) is 0 Å². The van der Waals surface area contributed by atoms with Crippen LogP contribution in [-0.4, -0.2) is 52.5 Å². The highest BCUT2D eigenvalue weighted by molar-refractivity contribution is 8.00. The monoisotopic (exact) mass is 360 g/mol. The lowest BCUT2D eigenvalue weighted by Crippen LogP contribution is -2.43. The van der Waals surface area contributed by atoms with Crippen LogP contribution in [0.25, 0.3) is 0 Å². The van der Waals surface area contributed by atoms with Crippen molar-refractivity contribution >= 4 is 23.6 Å². The molecular formula is C20H28N2O2S. The number of likely N-dealkylation sites (tertiary alicyclic amines) is 2. The van der Waals surface area contributed by atoms with Crippen LogP contribution in [0.5, 0.6) is 0 Å². The Labute approximate surface area is 154 Å². The maximum absolute atomic E-state index is 12.8. The lowest BCUT2D eigenvalue weighted by atomic mass is 10.0. The SMILES string of the molecule is Cc1ccccc1SC1CCN(C(=O)C2CC(=O)N(C(C)C)C2)CC1. The summed E-state index contributed by atoms with van der Waals surface area (Å²) in [7, 11) is 0. The summed E-state index contributed by atoms with van der Waals surface area (Å²) in [5.41, 5.74) is 1.32. The molecule has 2 aliphatic rings. The van der Waals surface area contributed by atoms with Gasteiger partial charge in [0.1, 0.15) is 0 Å². The summed E-state index contributed by atoms with van der Waals surface area (Å²) in [6.45, 7) is 8.40. The minimum absolute atomic E-state index is 0.123. The number of nitrogens with zero attached hydrogens (tertiary/aromatic N) is 2. The molecule has 136 valence electrons. The number of carbonyl (C=O) groups excluding carboxylic acids is 2. The molecule has 0 aromatic heterocycles. The molecule has 1 aromatic carbocycles. The quantitative estimate of drug-likeness (QED) is 0.827. The number of rotatable bonds is 4. The first-order valence-corrected chi connectivity index (χ1v) is 10.1. The fourth-order valence-electron chi connectivity index (χ4n) is 3.72. The number of carbonyl (C=O) groups is 2. The predicted molar refractivity (Wildman–Crippen MR) is 102 cm³/mol. The van der Waals surface area contributed by atoms with Gasteiger partial charge in [-0.25, -0.2) is 0 Å². The summed E-state index contributed by atoms with van der Waals surface area (Å²) in [6, 6.07) is 8.68. The fraction of sp³-hybridized carbons (Fsp3) is 0.600. The third-order valence-electron chi connectivity index (χ3n) is 5.27. The molecule has 3 rings (SSSR count). The van der Waals surface area contributed by atoms with Crippen LogP contribution in [0.4, 0.5) is 0 Å². The normalized spacial score (nSPS) is 22.1. The van der Waals surface area contributed by atoms with Crippen molar-refractivity contribution in [2.45, 2.75) is 56.2 Å². The van der Waals surface area contributed by atoms with Gasteiger partial charge in [0, 0.05) is 42.2 Å². The summed E-state index contributed by atoms with van der Waals surface area (Å²) in [4.78, 5) is 30.0. The zero-order valence-electron chi connectivity index (χ0n) is 15.4. The van der Waals surface area contributed by atoms with Crippen LogP contribution < -0.4 is 0 Å². The first-order valence-electron chi connectivity index (χ1n) is 9.26. The summed E-state index contributed by atoms with van der Waals surface area (Å²) in [5.74, 6) is 0.157. The molecular weight excluding hydrogens is 332 g/mol. The zero-order valence-corrected chi connectivity index (χ0v) is 16.2. The number of hydrogen-bond donors (Lipinski definition) is 0. The number of aryl methyl sites for hydroxylation is 1. The first-order chi connectivity index (χ1) is 12.0. The molecule has 2 amide bonds. The molecule has 2 saturated heterocycles. The molecule has 1 aromatic rings. The highest BCUT2D eigenvalue weighted by Gasteiger charge is 2.38. The molecule has 2 aliphatic heterocycles. The molecule has 0 spiro atoms. The van der Waals surface area contributed by atoms with Gasteiger partial charge in [0.25, 0.3) is 0 Å². The van der Waals surface area contributed by atoms with E-state index in [1.807, 2.05) is 35.4 Å². The standard InChI is InChI=1S/C20H28N2O2S/c1-14(2)22-13-16(12-19(22)23)20(24)21-10-8-17(9-11-21)25-18-7-5-4-6-15(18)3/h4-7,14,16-17H,8-13H2,1-3H3. The van der Waals surface area contributed by atoms with Crippen LogP contribution in [0.3, 0.4) is 0 Å². The zero-order chi connectivity index (χ0) is 18.0. The van der Waals surface area contributed by atoms with Crippen molar-refractivity contribution in [3.05, 3.63) is 29.8 Å². The molecule has 0 saturated carbocycles. The topological polar surface area (TPSA) is 40.6 Å². The molecule has 1 unspecified atom stereocenters. The molecule has 1 atom stereocenters. The Balaban J connectivity index is 1.51. The van der Waals surface area contributed by atoms with Crippen molar-refractivity contribution in [1.82, 2.24) is 9.80 Å². The lowest BCUT2D eigenvalue weighted by molar-refractivity contribution is -0.136. The summed E-state index contributed by atoms with van der Waals surface area (Å²) >= 11 is 1.94. The average Bonchev–Trinajstić information content (AvgIpc) is 2.99. The average molecular weight is 361 g/mol. The molecule has 4 nitrogen and oxygen atoms in total. The molecule has 2 fully saturated rings. The summed E-state index contributed by atoms with van der Waals surface area (Å²) in [6.07, 6.45) is 2.44.